The summed E-state index contributed by atoms with van der Waals surface area (Å²) in [6, 6.07) is 0. The molecule has 76 valence electrons. The molecule has 1 heteroatoms. The van der Waals surface area contributed by atoms with Gasteiger partial charge in [-0.1, -0.05) is 32.9 Å². The van der Waals surface area contributed by atoms with Gasteiger partial charge in [-0.25, -0.2) is 0 Å². The predicted molar refractivity (Wildman–Crippen MR) is 61.4 cm³/mol. The average Bonchev–Trinajstić information content (AvgIpc) is 2.20. The van der Waals surface area contributed by atoms with Crippen molar-refractivity contribution in [3.63, 3.8) is 0 Å². The van der Waals surface area contributed by atoms with E-state index in [0.29, 0.717) is 16.7 Å². The van der Waals surface area contributed by atoms with E-state index < -0.39 is 0 Å². The van der Waals surface area contributed by atoms with E-state index in [9.17, 15) is 0 Å². The summed E-state index contributed by atoms with van der Waals surface area (Å²) < 4.78 is 0. The molecular weight excluding hydrogens is 192 g/mol. The van der Waals surface area contributed by atoms with Crippen molar-refractivity contribution in [1.29, 1.82) is 0 Å². The Bertz CT molecular complexity index is 335. The Morgan fingerprint density at radius 3 is 2.71 bits per heavy atom. The van der Waals surface area contributed by atoms with Crippen LogP contribution in [0.3, 0.4) is 0 Å². The number of halogens is 1. The number of allylic oxidation sites excluding steroid dienone is 3. The quantitative estimate of drug-likeness (QED) is 0.322. The highest BCUT2D eigenvalue weighted by atomic mass is 35.5. The van der Waals surface area contributed by atoms with Crippen LogP contribution in [0.2, 0.25) is 0 Å². The lowest BCUT2D eigenvalue weighted by Crippen LogP contribution is -2.49. The van der Waals surface area contributed by atoms with Gasteiger partial charge in [0.15, 0.2) is 0 Å². The zero-order valence-electron chi connectivity index (χ0n) is 9.05. The number of rotatable bonds is 0. The van der Waals surface area contributed by atoms with Crippen molar-refractivity contribution in [2.75, 3.05) is 0 Å². The SMILES string of the molecule is CC1C2(C)C=C=CC(Cl)C=CC1(C)C2. The van der Waals surface area contributed by atoms with Crippen molar-refractivity contribution >= 4 is 11.6 Å². The number of fused-ring (bicyclic) bond motifs is 2. The van der Waals surface area contributed by atoms with Gasteiger partial charge in [-0.15, -0.1) is 17.3 Å². The van der Waals surface area contributed by atoms with Crippen molar-refractivity contribution in [1.82, 2.24) is 0 Å². The molecule has 0 aromatic heterocycles. The summed E-state index contributed by atoms with van der Waals surface area (Å²) in [5.41, 5.74) is 3.87. The Labute approximate surface area is 91.3 Å². The molecule has 3 aliphatic carbocycles. The standard InChI is InChI=1S/C13H17Cl/c1-10-12(2)7-4-5-11(14)6-8-13(10,3)9-12/h5-8,10-11H,9H2,1-3H3. The van der Waals surface area contributed by atoms with Crippen LogP contribution in [0.4, 0.5) is 0 Å². The molecule has 0 heterocycles. The molecule has 0 N–H and O–H groups in total. The molecule has 0 amide bonds. The van der Waals surface area contributed by atoms with Crippen LogP contribution >= 0.6 is 11.6 Å². The van der Waals surface area contributed by atoms with E-state index in [1.807, 2.05) is 6.08 Å². The first-order valence-electron chi connectivity index (χ1n) is 5.23. The summed E-state index contributed by atoms with van der Waals surface area (Å²) in [6.45, 7) is 6.95. The van der Waals surface area contributed by atoms with Crippen molar-refractivity contribution in [2.24, 2.45) is 16.7 Å². The van der Waals surface area contributed by atoms with E-state index in [2.05, 4.69) is 44.7 Å². The first kappa shape index (κ1) is 10.1. The lowest BCUT2D eigenvalue weighted by molar-refractivity contribution is -0.0204. The van der Waals surface area contributed by atoms with Crippen LogP contribution in [0.15, 0.2) is 30.0 Å². The van der Waals surface area contributed by atoms with Gasteiger partial charge in [0.25, 0.3) is 0 Å². The normalized spacial score (nSPS) is 50.6. The molecule has 0 aromatic carbocycles. The second-order valence-electron chi connectivity index (χ2n) is 5.19. The first-order valence-corrected chi connectivity index (χ1v) is 5.67. The molecule has 0 radical (unpaired) electrons. The summed E-state index contributed by atoms with van der Waals surface area (Å²) in [5.74, 6) is 0.675. The second kappa shape index (κ2) is 3.02. The third kappa shape index (κ3) is 1.38. The Kier molecular flexibility index (Phi) is 2.17. The van der Waals surface area contributed by atoms with E-state index in [4.69, 9.17) is 11.6 Å². The monoisotopic (exact) mass is 208 g/mol. The molecule has 0 aromatic rings. The minimum absolute atomic E-state index is 0.00164. The highest BCUT2D eigenvalue weighted by Crippen LogP contribution is 2.60. The zero-order valence-corrected chi connectivity index (χ0v) is 9.81. The van der Waals surface area contributed by atoms with Crippen molar-refractivity contribution in [2.45, 2.75) is 32.6 Å². The van der Waals surface area contributed by atoms with Crippen molar-refractivity contribution in [3.05, 3.63) is 30.0 Å². The molecule has 0 spiro atoms. The lowest BCUT2D eigenvalue weighted by Gasteiger charge is -2.56. The molecule has 0 aliphatic heterocycles. The fourth-order valence-electron chi connectivity index (χ4n) is 2.83. The largest absolute Gasteiger partial charge is 0.127 e. The van der Waals surface area contributed by atoms with Crippen LogP contribution in [0.1, 0.15) is 27.2 Å². The van der Waals surface area contributed by atoms with Gasteiger partial charge >= 0.3 is 0 Å². The third-order valence-corrected chi connectivity index (χ3v) is 4.34. The zero-order chi connectivity index (χ0) is 10.4. The Morgan fingerprint density at radius 2 is 2.07 bits per heavy atom. The molecule has 2 bridgehead atoms. The van der Waals surface area contributed by atoms with Gasteiger partial charge < -0.3 is 0 Å². The fourth-order valence-corrected chi connectivity index (χ4v) is 2.97. The molecule has 3 rings (SSSR count). The molecule has 3 aliphatic rings. The third-order valence-electron chi connectivity index (χ3n) is 4.07. The minimum atomic E-state index is -0.00164. The van der Waals surface area contributed by atoms with Gasteiger partial charge in [0.1, 0.15) is 0 Å². The van der Waals surface area contributed by atoms with Gasteiger partial charge in [0.05, 0.1) is 5.38 Å². The van der Waals surface area contributed by atoms with Gasteiger partial charge in [-0.2, -0.15) is 0 Å². The molecule has 1 fully saturated rings. The van der Waals surface area contributed by atoms with Gasteiger partial charge in [-0.3, -0.25) is 0 Å². The van der Waals surface area contributed by atoms with Crippen LogP contribution < -0.4 is 0 Å². The van der Waals surface area contributed by atoms with E-state index in [1.165, 1.54) is 6.42 Å². The summed E-state index contributed by atoms with van der Waals surface area (Å²) in [5, 5.41) is -0.00164. The van der Waals surface area contributed by atoms with E-state index in [1.54, 1.807) is 0 Å². The predicted octanol–water partition coefficient (Wildman–Crippen LogP) is 3.93. The topological polar surface area (TPSA) is 0 Å². The number of alkyl halides is 1. The van der Waals surface area contributed by atoms with Crippen LogP contribution in [0, 0.1) is 16.7 Å². The van der Waals surface area contributed by atoms with Crippen LogP contribution in [0.25, 0.3) is 0 Å². The average molecular weight is 209 g/mol. The van der Waals surface area contributed by atoms with E-state index >= 15 is 0 Å². The lowest BCUT2D eigenvalue weighted by atomic mass is 9.47. The maximum Gasteiger partial charge on any atom is 0.0770 e. The second-order valence-corrected chi connectivity index (χ2v) is 5.70. The summed E-state index contributed by atoms with van der Waals surface area (Å²) >= 11 is 6.08. The molecular formula is C13H17Cl. The number of hydrogen-bond acceptors (Lipinski definition) is 0. The summed E-state index contributed by atoms with van der Waals surface area (Å²) in [4.78, 5) is 0. The maximum absolute atomic E-state index is 6.08. The van der Waals surface area contributed by atoms with Crippen LogP contribution in [-0.4, -0.2) is 5.38 Å². The highest BCUT2D eigenvalue weighted by Gasteiger charge is 2.53. The van der Waals surface area contributed by atoms with Gasteiger partial charge in [0, 0.05) is 0 Å². The Balaban J connectivity index is 2.40. The number of hydrogen-bond donors (Lipinski definition) is 0. The molecule has 0 nitrogen and oxygen atoms in total. The van der Waals surface area contributed by atoms with E-state index in [-0.39, 0.29) is 5.38 Å². The van der Waals surface area contributed by atoms with Crippen molar-refractivity contribution in [3.8, 4) is 0 Å². The van der Waals surface area contributed by atoms with Gasteiger partial charge in [0.2, 0.25) is 0 Å². The smallest absolute Gasteiger partial charge is 0.0770 e. The fraction of sp³-hybridized carbons (Fsp3) is 0.615. The van der Waals surface area contributed by atoms with Crippen molar-refractivity contribution < 1.29 is 0 Å². The maximum atomic E-state index is 6.08. The molecule has 1 saturated carbocycles. The van der Waals surface area contributed by atoms with Gasteiger partial charge in [-0.05, 0) is 35.3 Å². The minimum Gasteiger partial charge on any atom is -0.127 e. The molecule has 14 heavy (non-hydrogen) atoms. The first-order chi connectivity index (χ1) is 6.46. The van der Waals surface area contributed by atoms with Crippen LogP contribution in [0.5, 0.6) is 0 Å². The highest BCUT2D eigenvalue weighted by molar-refractivity contribution is 6.23. The van der Waals surface area contributed by atoms with E-state index in [0.717, 1.165) is 0 Å². The summed E-state index contributed by atoms with van der Waals surface area (Å²) in [7, 11) is 0. The Morgan fingerprint density at radius 1 is 1.36 bits per heavy atom. The Hall–Kier alpha value is -0.450. The molecule has 4 unspecified atom stereocenters. The van der Waals surface area contributed by atoms with Crippen LogP contribution in [-0.2, 0) is 0 Å². The molecule has 4 atom stereocenters. The molecule has 0 saturated heterocycles. The summed E-state index contributed by atoms with van der Waals surface area (Å²) in [6.07, 6.45) is 9.71.